The molecule has 2 aromatic rings. The number of hydrogen-bond acceptors (Lipinski definition) is 10. The fourth-order valence-electron chi connectivity index (χ4n) is 3.65. The van der Waals surface area contributed by atoms with Crippen LogP contribution < -0.4 is 16.3 Å². The van der Waals surface area contributed by atoms with E-state index >= 15 is 0 Å². The zero-order valence-electron chi connectivity index (χ0n) is 18.5. The van der Waals surface area contributed by atoms with Crippen molar-refractivity contribution in [1.82, 2.24) is 14.3 Å². The van der Waals surface area contributed by atoms with Gasteiger partial charge in [-0.05, 0) is 38.8 Å². The lowest BCUT2D eigenvalue weighted by Gasteiger charge is -2.26. The van der Waals surface area contributed by atoms with E-state index in [1.165, 1.54) is 11.6 Å². The van der Waals surface area contributed by atoms with Crippen LogP contribution in [0.5, 0.6) is 5.88 Å². The summed E-state index contributed by atoms with van der Waals surface area (Å²) in [6, 6.07) is 5.71. The standard InChI is InChI=1S/C22H25N9OS/c1-14(28-17-3-6-30(13-24)7-4-17)22(29-26)16-9-20-27-12-18(11-23)31(20)21(10-16)32-15(2)19(25)5-8-33/h5,8-10,12,15,17H,3-4,6-7,25-26H2,1-2H3/b19-5-,28-14?,29-22+. The van der Waals surface area contributed by atoms with Gasteiger partial charge in [-0.1, -0.05) is 12.2 Å². The van der Waals surface area contributed by atoms with Crippen LogP contribution in [0.25, 0.3) is 5.65 Å². The maximum absolute atomic E-state index is 9.50. The summed E-state index contributed by atoms with van der Waals surface area (Å²) in [5.74, 6) is 6.12. The Bertz CT molecular complexity index is 1210. The van der Waals surface area contributed by atoms with Crippen LogP contribution in [0.4, 0.5) is 0 Å². The molecule has 1 unspecified atom stereocenters. The molecule has 1 fully saturated rings. The van der Waals surface area contributed by atoms with Crippen LogP contribution in [0.1, 0.15) is 37.9 Å². The van der Waals surface area contributed by atoms with E-state index in [0.717, 1.165) is 12.8 Å². The quantitative estimate of drug-likeness (QED) is 0.157. The van der Waals surface area contributed by atoms with E-state index in [-0.39, 0.29) is 6.04 Å². The first-order valence-corrected chi connectivity index (χ1v) is 10.9. The van der Waals surface area contributed by atoms with Crippen LogP contribution in [0.3, 0.4) is 0 Å². The minimum absolute atomic E-state index is 0.0852. The number of thiocarbonyl (C=S) groups is 1. The number of piperidine rings is 1. The predicted molar refractivity (Wildman–Crippen MR) is 130 cm³/mol. The number of likely N-dealkylation sites (tertiary alicyclic amines) is 1. The number of rotatable bonds is 7. The van der Waals surface area contributed by atoms with Crippen LogP contribution >= 0.6 is 12.2 Å². The Hall–Kier alpha value is -3.96. The van der Waals surface area contributed by atoms with Crippen molar-refractivity contribution in [2.75, 3.05) is 13.1 Å². The molecule has 3 heterocycles. The number of pyridine rings is 1. The van der Waals surface area contributed by atoms with Crippen molar-refractivity contribution < 1.29 is 4.74 Å². The van der Waals surface area contributed by atoms with Gasteiger partial charge in [-0.3, -0.25) is 9.39 Å². The highest BCUT2D eigenvalue weighted by molar-refractivity contribution is 7.79. The Labute approximate surface area is 197 Å². The third-order valence-corrected chi connectivity index (χ3v) is 5.58. The Morgan fingerprint density at radius 3 is 2.70 bits per heavy atom. The fourth-order valence-corrected chi connectivity index (χ4v) is 3.81. The van der Waals surface area contributed by atoms with Gasteiger partial charge in [0.2, 0.25) is 5.88 Å². The first-order chi connectivity index (χ1) is 15.9. The summed E-state index contributed by atoms with van der Waals surface area (Å²) < 4.78 is 7.67. The van der Waals surface area contributed by atoms with Gasteiger partial charge in [0.25, 0.3) is 0 Å². The molecule has 33 heavy (non-hydrogen) atoms. The molecule has 0 saturated carbocycles. The number of fused-ring (bicyclic) bond motifs is 1. The molecule has 0 amide bonds. The minimum atomic E-state index is -0.505. The number of nitrogens with zero attached hydrogens (tertiary/aromatic N) is 7. The largest absolute Gasteiger partial charge is 0.469 e. The van der Waals surface area contributed by atoms with Crippen molar-refractivity contribution in [3.05, 3.63) is 41.4 Å². The molecule has 1 saturated heterocycles. The maximum Gasteiger partial charge on any atom is 0.201 e. The molecule has 0 aliphatic carbocycles. The Morgan fingerprint density at radius 2 is 2.09 bits per heavy atom. The number of allylic oxidation sites excluding steroid dienone is 1. The summed E-state index contributed by atoms with van der Waals surface area (Å²) in [5, 5.41) is 23.9. The van der Waals surface area contributed by atoms with E-state index in [1.807, 2.05) is 6.92 Å². The summed E-state index contributed by atoms with van der Waals surface area (Å²) in [6.07, 6.45) is 6.29. The van der Waals surface area contributed by atoms with Gasteiger partial charge < -0.3 is 21.2 Å². The molecule has 1 atom stereocenters. The van der Waals surface area contributed by atoms with E-state index in [2.05, 4.69) is 22.3 Å². The molecule has 1 aliphatic rings. The molecule has 0 bridgehead atoms. The summed E-state index contributed by atoms with van der Waals surface area (Å²) >= 11 is 4.84. The van der Waals surface area contributed by atoms with Gasteiger partial charge in [0.1, 0.15) is 29.2 Å². The summed E-state index contributed by atoms with van der Waals surface area (Å²) in [4.78, 5) is 10.9. The molecule has 0 aromatic carbocycles. The van der Waals surface area contributed by atoms with E-state index in [9.17, 15) is 5.26 Å². The normalized spacial score (nSPS) is 16.8. The molecular formula is C22H25N9OS. The molecule has 0 radical (unpaired) electrons. The lowest BCUT2D eigenvalue weighted by atomic mass is 10.0. The monoisotopic (exact) mass is 463 g/mol. The molecule has 170 valence electrons. The van der Waals surface area contributed by atoms with E-state index in [4.69, 9.17) is 38.8 Å². The molecule has 3 rings (SSSR count). The second-order valence-corrected chi connectivity index (χ2v) is 7.88. The number of imidazole rings is 1. The lowest BCUT2D eigenvalue weighted by molar-refractivity contribution is 0.242. The van der Waals surface area contributed by atoms with Crippen LogP contribution in [-0.2, 0) is 0 Å². The molecule has 11 heteroatoms. The molecule has 10 nitrogen and oxygen atoms in total. The highest BCUT2D eigenvalue weighted by atomic mass is 32.1. The average Bonchev–Trinajstić information content (AvgIpc) is 3.23. The number of aliphatic imine (C=N–C) groups is 1. The predicted octanol–water partition coefficient (Wildman–Crippen LogP) is 1.88. The Morgan fingerprint density at radius 1 is 1.36 bits per heavy atom. The number of aromatic nitrogens is 2. The van der Waals surface area contributed by atoms with Gasteiger partial charge in [0.05, 0.1) is 18.0 Å². The third kappa shape index (κ3) is 5.27. The summed E-state index contributed by atoms with van der Waals surface area (Å²) in [5.41, 5.74) is 9.09. The van der Waals surface area contributed by atoms with E-state index < -0.39 is 6.10 Å². The molecule has 2 aromatic heterocycles. The van der Waals surface area contributed by atoms with E-state index in [1.54, 1.807) is 34.4 Å². The smallest absolute Gasteiger partial charge is 0.201 e. The molecule has 0 spiro atoms. The van der Waals surface area contributed by atoms with Crippen molar-refractivity contribution >= 4 is 34.7 Å². The van der Waals surface area contributed by atoms with Crippen LogP contribution in [0.15, 0.2) is 40.2 Å². The van der Waals surface area contributed by atoms with Crippen molar-refractivity contribution in [1.29, 1.82) is 10.5 Å². The zero-order valence-corrected chi connectivity index (χ0v) is 19.3. The second kappa shape index (κ2) is 10.6. The highest BCUT2D eigenvalue weighted by Gasteiger charge is 2.21. The maximum atomic E-state index is 9.50. The average molecular weight is 464 g/mol. The second-order valence-electron chi connectivity index (χ2n) is 7.60. The van der Waals surface area contributed by atoms with Gasteiger partial charge in [-0.25, -0.2) is 4.98 Å². The number of hydrogen-bond donors (Lipinski definition) is 2. The van der Waals surface area contributed by atoms with Gasteiger partial charge >= 0.3 is 0 Å². The van der Waals surface area contributed by atoms with Crippen LogP contribution in [-0.4, -0.2) is 56.3 Å². The van der Waals surface area contributed by atoms with Gasteiger partial charge in [0.15, 0.2) is 6.19 Å². The van der Waals surface area contributed by atoms with Crippen LogP contribution in [0, 0.1) is 22.8 Å². The SMILES string of the molecule is CC(=NC1CCN(C#N)CC1)/C(=N\N)c1cc(OC(C)/C(N)=C/C=S)n2c(C#N)cnc2c1. The van der Waals surface area contributed by atoms with Crippen molar-refractivity contribution in [3.8, 4) is 18.1 Å². The van der Waals surface area contributed by atoms with Crippen molar-refractivity contribution in [2.45, 2.75) is 38.8 Å². The topological polar surface area (TPSA) is 154 Å². The number of ether oxygens (including phenoxy) is 1. The fraction of sp³-hybridized carbons (Fsp3) is 0.364. The Kier molecular flexibility index (Phi) is 7.59. The van der Waals surface area contributed by atoms with Crippen LogP contribution in [0.2, 0.25) is 0 Å². The minimum Gasteiger partial charge on any atom is -0.469 e. The lowest BCUT2D eigenvalue weighted by Crippen LogP contribution is -2.32. The highest BCUT2D eigenvalue weighted by Crippen LogP contribution is 2.23. The summed E-state index contributed by atoms with van der Waals surface area (Å²) in [6.45, 7) is 4.99. The molecule has 4 N–H and O–H groups in total. The summed E-state index contributed by atoms with van der Waals surface area (Å²) in [7, 11) is 0. The van der Waals surface area contributed by atoms with Crippen molar-refractivity contribution in [2.24, 2.45) is 21.7 Å². The molecule has 1 aliphatic heterocycles. The van der Waals surface area contributed by atoms with Gasteiger partial charge in [-0.15, -0.1) is 0 Å². The number of nitriles is 2. The first kappa shape index (κ1) is 23.7. The van der Waals surface area contributed by atoms with Gasteiger partial charge in [-0.2, -0.15) is 15.6 Å². The number of nitrogens with two attached hydrogens (primary N) is 2. The Balaban J connectivity index is 1.99. The molecular weight excluding hydrogens is 438 g/mol. The first-order valence-electron chi connectivity index (χ1n) is 10.4. The zero-order chi connectivity index (χ0) is 24.0. The van der Waals surface area contributed by atoms with E-state index in [0.29, 0.717) is 53.0 Å². The number of hydrazone groups is 1. The van der Waals surface area contributed by atoms with Crippen molar-refractivity contribution in [3.63, 3.8) is 0 Å². The third-order valence-electron chi connectivity index (χ3n) is 5.44. The van der Waals surface area contributed by atoms with Gasteiger partial charge in [0, 0.05) is 35.8 Å².